The Kier molecular flexibility index (Phi) is 6.09. The fraction of sp³-hybridized carbons (Fsp3) is 0.588. The molecule has 1 aromatic carbocycles. The van der Waals surface area contributed by atoms with Crippen molar-refractivity contribution in [2.75, 3.05) is 13.7 Å². The van der Waals surface area contributed by atoms with Gasteiger partial charge in [-0.05, 0) is 37.5 Å². The lowest BCUT2D eigenvalue weighted by atomic mass is 9.95. The molecule has 0 aromatic heterocycles. The molecule has 0 heterocycles. The molecule has 1 aliphatic carbocycles. The van der Waals surface area contributed by atoms with E-state index in [9.17, 15) is 4.79 Å². The van der Waals surface area contributed by atoms with Gasteiger partial charge in [-0.2, -0.15) is 0 Å². The summed E-state index contributed by atoms with van der Waals surface area (Å²) in [4.78, 5) is 12.1. The first kappa shape index (κ1) is 17.1. The van der Waals surface area contributed by atoms with E-state index in [1.807, 2.05) is 31.2 Å². The minimum atomic E-state index is -0.602. The van der Waals surface area contributed by atoms with Crippen LogP contribution in [-0.2, 0) is 10.3 Å². The van der Waals surface area contributed by atoms with Crippen LogP contribution in [0.25, 0.3) is 0 Å². The van der Waals surface area contributed by atoms with Gasteiger partial charge in [-0.25, -0.2) is 4.79 Å². The van der Waals surface area contributed by atoms with Gasteiger partial charge in [0.2, 0.25) is 0 Å². The summed E-state index contributed by atoms with van der Waals surface area (Å²) in [5, 5.41) is 6.63. The smallest absolute Gasteiger partial charge is 0.315 e. The molecule has 0 spiro atoms. The molecule has 0 bridgehead atoms. The van der Waals surface area contributed by atoms with Crippen molar-refractivity contribution in [1.29, 1.82) is 0 Å². The molecule has 122 valence electrons. The van der Waals surface area contributed by atoms with Crippen LogP contribution in [0, 0.1) is 0 Å². The van der Waals surface area contributed by atoms with Crippen LogP contribution in [0.4, 0.5) is 4.79 Å². The number of rotatable bonds is 5. The topological polar surface area (TPSA) is 50.4 Å². The molecular weight excluding hydrogens is 300 g/mol. The average molecular weight is 325 g/mol. The summed E-state index contributed by atoms with van der Waals surface area (Å²) in [6, 6.07) is 7.70. The molecule has 0 saturated heterocycles. The maximum atomic E-state index is 12.1. The number of halogens is 1. The number of carbonyl (C=O) groups is 1. The number of methoxy groups -OCH3 is 1. The van der Waals surface area contributed by atoms with Crippen LogP contribution in [0.2, 0.25) is 5.02 Å². The SMILES string of the molecule is COC(C)(CNC(=O)NC1CCCCC1)c1cccc(Cl)c1. The number of urea groups is 1. The Morgan fingerprint density at radius 1 is 1.36 bits per heavy atom. The van der Waals surface area contributed by atoms with E-state index in [0.717, 1.165) is 18.4 Å². The van der Waals surface area contributed by atoms with Crippen molar-refractivity contribution in [3.05, 3.63) is 34.9 Å². The third-order valence-electron chi connectivity index (χ3n) is 4.41. The van der Waals surface area contributed by atoms with Crippen molar-refractivity contribution in [3.8, 4) is 0 Å². The lowest BCUT2D eigenvalue weighted by Gasteiger charge is -2.30. The maximum absolute atomic E-state index is 12.1. The quantitative estimate of drug-likeness (QED) is 0.864. The predicted molar refractivity (Wildman–Crippen MR) is 89.2 cm³/mol. The van der Waals surface area contributed by atoms with Crippen molar-refractivity contribution in [3.63, 3.8) is 0 Å². The molecule has 4 nitrogen and oxygen atoms in total. The highest BCUT2D eigenvalue weighted by Crippen LogP contribution is 2.26. The van der Waals surface area contributed by atoms with E-state index in [-0.39, 0.29) is 6.03 Å². The lowest BCUT2D eigenvalue weighted by Crippen LogP contribution is -2.47. The molecule has 0 radical (unpaired) electrons. The standard InChI is InChI=1S/C17H25ClN2O2/c1-17(22-2,13-7-6-8-14(18)11-13)12-19-16(21)20-15-9-4-3-5-10-15/h6-8,11,15H,3-5,9-10,12H2,1-2H3,(H2,19,20,21). The van der Waals surface area contributed by atoms with Crippen LogP contribution < -0.4 is 10.6 Å². The highest BCUT2D eigenvalue weighted by molar-refractivity contribution is 6.30. The van der Waals surface area contributed by atoms with Gasteiger partial charge >= 0.3 is 6.03 Å². The van der Waals surface area contributed by atoms with Crippen LogP contribution in [0.1, 0.15) is 44.6 Å². The molecule has 22 heavy (non-hydrogen) atoms. The Labute approximate surface area is 137 Å². The second-order valence-corrected chi connectivity index (χ2v) is 6.54. The number of amides is 2. The van der Waals surface area contributed by atoms with Crippen molar-refractivity contribution >= 4 is 17.6 Å². The second-order valence-electron chi connectivity index (χ2n) is 6.11. The fourth-order valence-electron chi connectivity index (χ4n) is 2.84. The van der Waals surface area contributed by atoms with Gasteiger partial charge < -0.3 is 15.4 Å². The van der Waals surface area contributed by atoms with Gasteiger partial charge in [0.15, 0.2) is 0 Å². The number of nitrogens with one attached hydrogen (secondary N) is 2. The molecule has 1 fully saturated rings. The summed E-state index contributed by atoms with van der Waals surface area (Å²) in [6.45, 7) is 2.34. The Bertz CT molecular complexity index is 503. The number of carbonyl (C=O) groups excluding carboxylic acids is 1. The largest absolute Gasteiger partial charge is 0.372 e. The molecule has 1 aromatic rings. The van der Waals surface area contributed by atoms with E-state index < -0.39 is 5.60 Å². The Hall–Kier alpha value is -1.26. The Balaban J connectivity index is 1.90. The zero-order valence-electron chi connectivity index (χ0n) is 13.3. The van der Waals surface area contributed by atoms with E-state index in [2.05, 4.69) is 10.6 Å². The third kappa shape index (κ3) is 4.62. The number of hydrogen-bond donors (Lipinski definition) is 2. The molecular formula is C17H25ClN2O2. The van der Waals surface area contributed by atoms with E-state index in [4.69, 9.17) is 16.3 Å². The number of hydrogen-bond acceptors (Lipinski definition) is 2. The molecule has 1 saturated carbocycles. The molecule has 2 rings (SSSR count). The minimum Gasteiger partial charge on any atom is -0.372 e. The van der Waals surface area contributed by atoms with Crippen LogP contribution in [0.5, 0.6) is 0 Å². The highest BCUT2D eigenvalue weighted by Gasteiger charge is 2.27. The molecule has 1 atom stereocenters. The normalized spacial score (nSPS) is 18.5. The molecule has 2 N–H and O–H groups in total. The van der Waals surface area contributed by atoms with Gasteiger partial charge in [0, 0.05) is 18.2 Å². The van der Waals surface area contributed by atoms with E-state index in [1.165, 1.54) is 19.3 Å². The van der Waals surface area contributed by atoms with Gasteiger partial charge in [0.05, 0.1) is 6.54 Å². The van der Waals surface area contributed by atoms with Gasteiger partial charge in [-0.1, -0.05) is 43.0 Å². The molecule has 1 aliphatic rings. The Morgan fingerprint density at radius 2 is 2.09 bits per heavy atom. The lowest BCUT2D eigenvalue weighted by molar-refractivity contribution is 0.00479. The Morgan fingerprint density at radius 3 is 2.73 bits per heavy atom. The maximum Gasteiger partial charge on any atom is 0.315 e. The minimum absolute atomic E-state index is 0.128. The van der Waals surface area contributed by atoms with Gasteiger partial charge in [-0.3, -0.25) is 0 Å². The molecule has 5 heteroatoms. The number of benzene rings is 1. The van der Waals surface area contributed by atoms with E-state index in [1.54, 1.807) is 7.11 Å². The molecule has 1 unspecified atom stereocenters. The van der Waals surface area contributed by atoms with E-state index >= 15 is 0 Å². The van der Waals surface area contributed by atoms with Crippen molar-refractivity contribution < 1.29 is 9.53 Å². The van der Waals surface area contributed by atoms with Crippen LogP contribution in [0.3, 0.4) is 0 Å². The first-order chi connectivity index (χ1) is 10.5. The molecule has 0 aliphatic heterocycles. The first-order valence-electron chi connectivity index (χ1n) is 7.89. The first-order valence-corrected chi connectivity index (χ1v) is 8.27. The summed E-state index contributed by atoms with van der Waals surface area (Å²) in [7, 11) is 1.64. The summed E-state index contributed by atoms with van der Waals surface area (Å²) in [5.74, 6) is 0. The van der Waals surface area contributed by atoms with Crippen LogP contribution >= 0.6 is 11.6 Å². The zero-order valence-corrected chi connectivity index (χ0v) is 14.1. The summed E-state index contributed by atoms with van der Waals surface area (Å²) < 4.78 is 5.62. The van der Waals surface area contributed by atoms with Crippen molar-refractivity contribution in [2.45, 2.75) is 50.7 Å². The third-order valence-corrected chi connectivity index (χ3v) is 4.65. The summed E-state index contributed by atoms with van der Waals surface area (Å²) >= 11 is 6.04. The predicted octanol–water partition coefficient (Wildman–Crippen LogP) is 3.83. The second kappa shape index (κ2) is 7.84. The zero-order chi connectivity index (χ0) is 16.0. The highest BCUT2D eigenvalue weighted by atomic mass is 35.5. The van der Waals surface area contributed by atoms with Gasteiger partial charge in [0.1, 0.15) is 5.60 Å². The summed E-state index contributed by atoms with van der Waals surface area (Å²) in [5.41, 5.74) is 0.343. The van der Waals surface area contributed by atoms with Crippen molar-refractivity contribution in [2.24, 2.45) is 0 Å². The monoisotopic (exact) mass is 324 g/mol. The van der Waals surface area contributed by atoms with Crippen LogP contribution in [-0.4, -0.2) is 25.7 Å². The van der Waals surface area contributed by atoms with Crippen molar-refractivity contribution in [1.82, 2.24) is 10.6 Å². The van der Waals surface area contributed by atoms with E-state index in [0.29, 0.717) is 17.6 Å². The van der Waals surface area contributed by atoms with Gasteiger partial charge in [-0.15, -0.1) is 0 Å². The average Bonchev–Trinajstić information content (AvgIpc) is 2.53. The molecule has 2 amide bonds. The van der Waals surface area contributed by atoms with Crippen LogP contribution in [0.15, 0.2) is 24.3 Å². The number of ether oxygens (including phenoxy) is 1. The summed E-state index contributed by atoms with van der Waals surface area (Å²) in [6.07, 6.45) is 5.81. The van der Waals surface area contributed by atoms with Gasteiger partial charge in [0.25, 0.3) is 0 Å². The fourth-order valence-corrected chi connectivity index (χ4v) is 3.03.